The molecule has 1 aliphatic carbocycles. The van der Waals surface area contributed by atoms with E-state index in [0.717, 1.165) is 10.7 Å². The molecule has 2 fully saturated rings. The number of halogens is 4. The van der Waals surface area contributed by atoms with Gasteiger partial charge in [-0.15, -0.1) is 0 Å². The predicted octanol–water partition coefficient (Wildman–Crippen LogP) is 4.01. The van der Waals surface area contributed by atoms with Gasteiger partial charge >= 0.3 is 18.2 Å². The fraction of sp³-hybridized carbons (Fsp3) is 0.421. The normalized spacial score (nSPS) is 23.5. The molecule has 0 radical (unpaired) electrons. The molecule has 4 rings (SSSR count). The maximum Gasteiger partial charge on any atom is 0.419 e. The molecular weight excluding hydrogens is 427 g/mol. The molecule has 3 atom stereocenters. The Morgan fingerprint density at radius 1 is 1.17 bits per heavy atom. The number of aromatic carboxylic acids is 1. The highest BCUT2D eigenvalue weighted by Crippen LogP contribution is 2.43. The second-order valence-electron chi connectivity index (χ2n) is 7.51. The van der Waals surface area contributed by atoms with Gasteiger partial charge in [0.2, 0.25) is 0 Å². The van der Waals surface area contributed by atoms with Crippen molar-refractivity contribution in [3.8, 4) is 5.75 Å². The van der Waals surface area contributed by atoms with E-state index in [1.54, 1.807) is 4.90 Å². The zero-order valence-corrected chi connectivity index (χ0v) is 16.2. The number of nitrogens with zero attached hydrogens (tertiary/aromatic N) is 3. The molecule has 0 unspecified atom stereocenters. The molecule has 1 aliphatic heterocycles. The summed E-state index contributed by atoms with van der Waals surface area (Å²) < 4.78 is 46.3. The summed E-state index contributed by atoms with van der Waals surface area (Å²) in [5.74, 6) is -1.34. The van der Waals surface area contributed by atoms with Crippen LogP contribution in [0.3, 0.4) is 0 Å². The number of hydrogen-bond acceptors (Lipinski definition) is 4. The summed E-state index contributed by atoms with van der Waals surface area (Å²) in [7, 11) is 0. The predicted molar refractivity (Wildman–Crippen MR) is 98.6 cm³/mol. The minimum atomic E-state index is -4.55. The molecule has 1 aromatic carbocycles. The molecule has 2 heterocycles. The first-order valence-electron chi connectivity index (χ1n) is 9.23. The van der Waals surface area contributed by atoms with Crippen molar-refractivity contribution in [3.05, 3.63) is 46.7 Å². The first kappa shape index (κ1) is 20.5. The number of rotatable bonds is 3. The monoisotopic (exact) mass is 443 g/mol. The van der Waals surface area contributed by atoms with Crippen molar-refractivity contribution in [2.45, 2.75) is 25.1 Å². The highest BCUT2D eigenvalue weighted by Gasteiger charge is 2.44. The molecule has 2 aromatic rings. The van der Waals surface area contributed by atoms with E-state index in [4.69, 9.17) is 21.4 Å². The summed E-state index contributed by atoms with van der Waals surface area (Å²) in [6.45, 7) is 0.820. The Hall–Kier alpha value is -2.75. The fourth-order valence-electron chi connectivity index (χ4n) is 4.19. The number of ether oxygens (including phenoxy) is 1. The molecule has 1 saturated heterocycles. The minimum absolute atomic E-state index is 0.0852. The summed E-state index contributed by atoms with van der Waals surface area (Å²) >= 11 is 5.85. The van der Waals surface area contributed by atoms with E-state index in [1.807, 2.05) is 0 Å². The van der Waals surface area contributed by atoms with Crippen molar-refractivity contribution in [2.75, 3.05) is 13.1 Å². The molecule has 0 bridgehead atoms. The Labute approximate surface area is 174 Å². The highest BCUT2D eigenvalue weighted by molar-refractivity contribution is 6.30. The van der Waals surface area contributed by atoms with Crippen molar-refractivity contribution in [1.82, 2.24) is 14.7 Å². The van der Waals surface area contributed by atoms with E-state index in [9.17, 15) is 22.8 Å². The Bertz CT molecular complexity index is 980. The summed E-state index contributed by atoms with van der Waals surface area (Å²) in [5, 5.41) is 12.8. The average molecular weight is 444 g/mol. The van der Waals surface area contributed by atoms with Gasteiger partial charge in [-0.2, -0.15) is 23.0 Å². The highest BCUT2D eigenvalue weighted by atomic mass is 35.5. The average Bonchev–Trinajstić information content (AvgIpc) is 3.34. The second kappa shape index (κ2) is 7.50. The molecule has 1 amide bonds. The van der Waals surface area contributed by atoms with Crippen LogP contribution in [0.1, 0.15) is 28.9 Å². The third-order valence-electron chi connectivity index (χ3n) is 5.53. The first-order valence-corrected chi connectivity index (χ1v) is 9.61. The third-order valence-corrected chi connectivity index (χ3v) is 5.76. The number of carboxylic acid groups (broad SMARTS) is 1. The van der Waals surface area contributed by atoms with Gasteiger partial charge in [-0.1, -0.05) is 11.6 Å². The van der Waals surface area contributed by atoms with Crippen LogP contribution in [0.25, 0.3) is 0 Å². The summed E-state index contributed by atoms with van der Waals surface area (Å²) in [6, 6.07) is 4.07. The van der Waals surface area contributed by atoms with Crippen molar-refractivity contribution >= 4 is 23.6 Å². The van der Waals surface area contributed by atoms with Gasteiger partial charge in [0.25, 0.3) is 0 Å². The third kappa shape index (κ3) is 3.96. The van der Waals surface area contributed by atoms with Gasteiger partial charge in [0.05, 0.1) is 11.7 Å². The molecule has 160 valence electrons. The summed E-state index contributed by atoms with van der Waals surface area (Å²) in [4.78, 5) is 25.0. The Morgan fingerprint density at radius 2 is 1.83 bits per heavy atom. The zero-order chi connectivity index (χ0) is 21.6. The largest absolute Gasteiger partial charge is 0.490 e. The topological polar surface area (TPSA) is 84.7 Å². The SMILES string of the molecule is O=C(O)c1ccn(C(=O)N2C[C@H]3C[C@H](Oc4cc(Cl)ccc4C(F)(F)F)C[C@H]3C2)n1. The van der Waals surface area contributed by atoms with Crippen LogP contribution in [0.4, 0.5) is 18.0 Å². The molecule has 30 heavy (non-hydrogen) atoms. The van der Waals surface area contributed by atoms with E-state index in [2.05, 4.69) is 5.10 Å². The molecule has 11 heteroatoms. The van der Waals surface area contributed by atoms with Crippen LogP contribution in [0, 0.1) is 11.8 Å². The number of aromatic nitrogens is 2. The van der Waals surface area contributed by atoms with Crippen LogP contribution in [0.2, 0.25) is 5.02 Å². The molecular formula is C19H17ClF3N3O4. The lowest BCUT2D eigenvalue weighted by atomic mass is 10.0. The van der Waals surface area contributed by atoms with Gasteiger partial charge < -0.3 is 14.7 Å². The van der Waals surface area contributed by atoms with Crippen molar-refractivity contribution in [3.63, 3.8) is 0 Å². The maximum atomic E-state index is 13.2. The number of fused-ring (bicyclic) bond motifs is 1. The summed E-state index contributed by atoms with van der Waals surface area (Å²) in [6.07, 6.45) is -2.63. The Balaban J connectivity index is 1.40. The lowest BCUT2D eigenvalue weighted by Crippen LogP contribution is -2.34. The van der Waals surface area contributed by atoms with Crippen LogP contribution in [0.5, 0.6) is 5.75 Å². The minimum Gasteiger partial charge on any atom is -0.490 e. The van der Waals surface area contributed by atoms with Crippen molar-refractivity contribution in [2.24, 2.45) is 11.8 Å². The van der Waals surface area contributed by atoms with Crippen LogP contribution < -0.4 is 4.74 Å². The van der Waals surface area contributed by atoms with Gasteiger partial charge in [-0.25, -0.2) is 9.59 Å². The van der Waals surface area contributed by atoms with Gasteiger partial charge in [0.1, 0.15) is 5.75 Å². The second-order valence-corrected chi connectivity index (χ2v) is 7.94. The number of likely N-dealkylation sites (tertiary alicyclic amines) is 1. The van der Waals surface area contributed by atoms with E-state index in [-0.39, 0.29) is 28.3 Å². The number of carbonyl (C=O) groups excluding carboxylic acids is 1. The van der Waals surface area contributed by atoms with Crippen LogP contribution in [-0.4, -0.2) is 51.0 Å². The summed E-state index contributed by atoms with van der Waals surface area (Å²) in [5.41, 5.74) is -1.09. The Kier molecular flexibility index (Phi) is 5.13. The van der Waals surface area contributed by atoms with Gasteiger partial charge in [0, 0.05) is 24.3 Å². The number of carbonyl (C=O) groups is 2. The molecule has 1 N–H and O–H groups in total. The standard InChI is InChI=1S/C19H17ClF3N3O4/c20-12-1-2-14(19(21,22)23)16(7-12)30-13-5-10-8-25(9-11(10)6-13)18(29)26-4-3-15(24-26)17(27)28/h1-4,7,10-11,13H,5-6,8-9H2,(H,27,28)/t10-,11+,13+. The lowest BCUT2D eigenvalue weighted by Gasteiger charge is -2.21. The van der Waals surface area contributed by atoms with Crippen LogP contribution >= 0.6 is 11.6 Å². The zero-order valence-electron chi connectivity index (χ0n) is 15.5. The molecule has 7 nitrogen and oxygen atoms in total. The van der Waals surface area contributed by atoms with Gasteiger partial charge in [-0.05, 0) is 48.9 Å². The van der Waals surface area contributed by atoms with Gasteiger partial charge in [0.15, 0.2) is 5.69 Å². The smallest absolute Gasteiger partial charge is 0.419 e. The van der Waals surface area contributed by atoms with Crippen molar-refractivity contribution < 1.29 is 32.6 Å². The van der Waals surface area contributed by atoms with Crippen LogP contribution in [0.15, 0.2) is 30.5 Å². The van der Waals surface area contributed by atoms with E-state index >= 15 is 0 Å². The van der Waals surface area contributed by atoms with Crippen LogP contribution in [-0.2, 0) is 6.18 Å². The molecule has 0 spiro atoms. The molecule has 1 saturated carbocycles. The van der Waals surface area contributed by atoms with E-state index in [0.29, 0.717) is 25.9 Å². The first-order chi connectivity index (χ1) is 14.1. The van der Waals surface area contributed by atoms with Gasteiger partial charge in [-0.3, -0.25) is 0 Å². The molecule has 2 aliphatic rings. The number of alkyl halides is 3. The maximum absolute atomic E-state index is 13.2. The number of hydrogen-bond donors (Lipinski definition) is 1. The number of amides is 1. The van der Waals surface area contributed by atoms with E-state index < -0.39 is 29.8 Å². The quantitative estimate of drug-likeness (QED) is 0.774. The Morgan fingerprint density at radius 3 is 2.40 bits per heavy atom. The fourth-order valence-corrected chi connectivity index (χ4v) is 4.36. The number of carboxylic acids is 1. The number of benzene rings is 1. The van der Waals surface area contributed by atoms with E-state index in [1.165, 1.54) is 24.4 Å². The molecule has 1 aromatic heterocycles. The lowest BCUT2D eigenvalue weighted by molar-refractivity contribution is -0.139. The van der Waals surface area contributed by atoms with Crippen molar-refractivity contribution in [1.29, 1.82) is 0 Å².